The molecule has 1 atom stereocenters. The van der Waals surface area contributed by atoms with Crippen molar-refractivity contribution in [1.29, 1.82) is 0 Å². The zero-order chi connectivity index (χ0) is 13.8. The van der Waals surface area contributed by atoms with Crippen molar-refractivity contribution in [3.8, 4) is 0 Å². The summed E-state index contributed by atoms with van der Waals surface area (Å²) in [5, 5.41) is 2.34. The first-order valence-corrected chi connectivity index (χ1v) is 7.33. The van der Waals surface area contributed by atoms with Gasteiger partial charge in [0.2, 0.25) is 11.8 Å². The standard InChI is InChI=1S/C14H22N2O3/c1-2-3-9-11-12(17)15-14(19)16(13(11)18)10-7-5-4-6-8-10/h10-11H,2-9H2,1H3,(H,15,17,19)/t11-/m1/s1. The van der Waals surface area contributed by atoms with Crippen LogP contribution in [0.4, 0.5) is 4.79 Å². The summed E-state index contributed by atoms with van der Waals surface area (Å²) in [6, 6.07) is -0.534. The number of carbonyl (C=O) groups is 3. The molecule has 0 unspecified atom stereocenters. The molecule has 0 aromatic rings. The Kier molecular flexibility index (Phi) is 4.56. The lowest BCUT2D eigenvalue weighted by Gasteiger charge is -2.37. The van der Waals surface area contributed by atoms with E-state index in [1.165, 1.54) is 11.3 Å². The van der Waals surface area contributed by atoms with Crippen LogP contribution in [-0.4, -0.2) is 28.8 Å². The van der Waals surface area contributed by atoms with Crippen LogP contribution in [0.5, 0.6) is 0 Å². The van der Waals surface area contributed by atoms with Crippen LogP contribution in [0.1, 0.15) is 58.3 Å². The summed E-state index contributed by atoms with van der Waals surface area (Å²) in [7, 11) is 0. The van der Waals surface area contributed by atoms with Gasteiger partial charge in [-0.15, -0.1) is 0 Å². The maximum atomic E-state index is 12.4. The zero-order valence-corrected chi connectivity index (χ0v) is 11.5. The van der Waals surface area contributed by atoms with Crippen LogP contribution in [0.3, 0.4) is 0 Å². The Labute approximate surface area is 113 Å². The Morgan fingerprint density at radius 2 is 1.84 bits per heavy atom. The van der Waals surface area contributed by atoms with E-state index in [1.807, 2.05) is 6.92 Å². The molecule has 2 aliphatic rings. The number of barbiturate groups is 1. The second-order valence-corrected chi connectivity index (χ2v) is 5.49. The molecule has 19 heavy (non-hydrogen) atoms. The summed E-state index contributed by atoms with van der Waals surface area (Å²) in [6.45, 7) is 2.02. The number of nitrogens with one attached hydrogen (secondary N) is 1. The minimum Gasteiger partial charge on any atom is -0.277 e. The number of unbranched alkanes of at least 4 members (excludes halogenated alkanes) is 1. The summed E-state index contributed by atoms with van der Waals surface area (Å²) >= 11 is 0. The van der Waals surface area contributed by atoms with Crippen molar-refractivity contribution >= 4 is 17.8 Å². The minimum absolute atomic E-state index is 0.0153. The number of nitrogens with zero attached hydrogens (tertiary/aromatic N) is 1. The minimum atomic E-state index is -0.667. The van der Waals surface area contributed by atoms with Gasteiger partial charge in [0.25, 0.3) is 0 Å². The molecule has 5 heteroatoms. The van der Waals surface area contributed by atoms with Gasteiger partial charge in [-0.05, 0) is 19.3 Å². The molecule has 1 heterocycles. The Hall–Kier alpha value is -1.39. The third-order valence-corrected chi connectivity index (χ3v) is 4.09. The van der Waals surface area contributed by atoms with E-state index in [-0.39, 0.29) is 11.9 Å². The molecule has 0 aromatic carbocycles. The van der Waals surface area contributed by atoms with E-state index < -0.39 is 17.9 Å². The second-order valence-electron chi connectivity index (χ2n) is 5.49. The first-order valence-electron chi connectivity index (χ1n) is 7.33. The van der Waals surface area contributed by atoms with Crippen molar-refractivity contribution in [2.75, 3.05) is 0 Å². The molecule has 2 rings (SSSR count). The van der Waals surface area contributed by atoms with Gasteiger partial charge in [-0.2, -0.15) is 0 Å². The molecule has 0 aromatic heterocycles. The van der Waals surface area contributed by atoms with Crippen molar-refractivity contribution in [3.63, 3.8) is 0 Å². The van der Waals surface area contributed by atoms with E-state index in [9.17, 15) is 14.4 Å². The monoisotopic (exact) mass is 266 g/mol. The van der Waals surface area contributed by atoms with Gasteiger partial charge in [0.1, 0.15) is 5.92 Å². The molecule has 4 amide bonds. The molecular formula is C14H22N2O3. The topological polar surface area (TPSA) is 66.5 Å². The lowest BCUT2D eigenvalue weighted by molar-refractivity contribution is -0.144. The highest BCUT2D eigenvalue weighted by Gasteiger charge is 2.43. The molecule has 0 bridgehead atoms. The van der Waals surface area contributed by atoms with Gasteiger partial charge in [-0.3, -0.25) is 19.8 Å². The smallest absolute Gasteiger partial charge is 0.277 e. The molecule has 1 aliphatic carbocycles. The highest BCUT2D eigenvalue weighted by Crippen LogP contribution is 2.27. The zero-order valence-electron chi connectivity index (χ0n) is 11.5. The van der Waals surface area contributed by atoms with Crippen LogP contribution >= 0.6 is 0 Å². The summed E-state index contributed by atoms with van der Waals surface area (Å²) in [6.07, 6.45) is 7.31. The van der Waals surface area contributed by atoms with Crippen LogP contribution in [-0.2, 0) is 9.59 Å². The average molecular weight is 266 g/mol. The van der Waals surface area contributed by atoms with E-state index in [2.05, 4.69) is 5.32 Å². The predicted octanol–water partition coefficient (Wildman–Crippen LogP) is 2.20. The summed E-state index contributed by atoms with van der Waals surface area (Å²) in [4.78, 5) is 37.4. The van der Waals surface area contributed by atoms with Gasteiger partial charge in [-0.1, -0.05) is 39.0 Å². The molecular weight excluding hydrogens is 244 g/mol. The van der Waals surface area contributed by atoms with Crippen molar-refractivity contribution < 1.29 is 14.4 Å². The number of imide groups is 2. The van der Waals surface area contributed by atoms with Gasteiger partial charge < -0.3 is 0 Å². The first-order chi connectivity index (χ1) is 9.15. The summed E-state index contributed by atoms with van der Waals surface area (Å²) in [5.41, 5.74) is 0. The molecule has 1 N–H and O–H groups in total. The van der Waals surface area contributed by atoms with Crippen molar-refractivity contribution in [3.05, 3.63) is 0 Å². The number of rotatable bonds is 4. The van der Waals surface area contributed by atoms with Gasteiger partial charge >= 0.3 is 6.03 Å². The number of carbonyl (C=O) groups excluding carboxylic acids is 3. The molecule has 1 saturated carbocycles. The molecule has 2 fully saturated rings. The second kappa shape index (κ2) is 6.17. The van der Waals surface area contributed by atoms with Gasteiger partial charge in [-0.25, -0.2) is 4.79 Å². The maximum Gasteiger partial charge on any atom is 0.331 e. The van der Waals surface area contributed by atoms with E-state index in [1.54, 1.807) is 0 Å². The lowest BCUT2D eigenvalue weighted by atomic mass is 9.91. The predicted molar refractivity (Wildman–Crippen MR) is 70.3 cm³/mol. The van der Waals surface area contributed by atoms with Crippen LogP contribution in [0.25, 0.3) is 0 Å². The SMILES string of the molecule is CCCC[C@@H]1C(=O)NC(=O)N(C2CCCCC2)C1=O. The van der Waals surface area contributed by atoms with Crippen LogP contribution < -0.4 is 5.32 Å². The van der Waals surface area contributed by atoms with Gasteiger partial charge in [0.15, 0.2) is 0 Å². The lowest BCUT2D eigenvalue weighted by Crippen LogP contribution is -2.61. The van der Waals surface area contributed by atoms with Crippen LogP contribution in [0, 0.1) is 5.92 Å². The third-order valence-electron chi connectivity index (χ3n) is 4.09. The molecule has 1 saturated heterocycles. The van der Waals surface area contributed by atoms with Crippen LogP contribution in [0.2, 0.25) is 0 Å². The molecule has 5 nitrogen and oxygen atoms in total. The number of amides is 4. The Morgan fingerprint density at radius 3 is 2.47 bits per heavy atom. The van der Waals surface area contributed by atoms with Crippen molar-refractivity contribution in [1.82, 2.24) is 10.2 Å². The van der Waals surface area contributed by atoms with Crippen LogP contribution in [0.15, 0.2) is 0 Å². The van der Waals surface area contributed by atoms with Crippen molar-refractivity contribution in [2.45, 2.75) is 64.3 Å². The Balaban J connectivity index is 2.10. The fourth-order valence-corrected chi connectivity index (χ4v) is 2.98. The fraction of sp³-hybridized carbons (Fsp3) is 0.786. The first kappa shape index (κ1) is 14.0. The van der Waals surface area contributed by atoms with Gasteiger partial charge in [0, 0.05) is 6.04 Å². The summed E-state index contributed by atoms with van der Waals surface area (Å²) in [5.74, 6) is -1.37. The Morgan fingerprint density at radius 1 is 1.16 bits per heavy atom. The average Bonchev–Trinajstić information content (AvgIpc) is 2.39. The third kappa shape index (κ3) is 2.96. The number of hydrogen-bond acceptors (Lipinski definition) is 3. The highest BCUT2D eigenvalue weighted by molar-refractivity contribution is 6.16. The van der Waals surface area contributed by atoms with Crippen molar-refractivity contribution in [2.24, 2.45) is 5.92 Å². The fourth-order valence-electron chi connectivity index (χ4n) is 2.98. The largest absolute Gasteiger partial charge is 0.331 e. The maximum absolute atomic E-state index is 12.4. The molecule has 106 valence electrons. The van der Waals surface area contributed by atoms with Gasteiger partial charge in [0.05, 0.1) is 0 Å². The quantitative estimate of drug-likeness (QED) is 0.793. The summed E-state index contributed by atoms with van der Waals surface area (Å²) < 4.78 is 0. The molecule has 0 radical (unpaired) electrons. The number of hydrogen-bond donors (Lipinski definition) is 1. The van der Waals surface area contributed by atoms with E-state index >= 15 is 0 Å². The molecule has 1 aliphatic heterocycles. The molecule has 0 spiro atoms. The van der Waals surface area contributed by atoms with E-state index in [4.69, 9.17) is 0 Å². The van der Waals surface area contributed by atoms with E-state index in [0.717, 1.165) is 38.5 Å². The highest BCUT2D eigenvalue weighted by atomic mass is 16.2. The number of urea groups is 1. The normalized spacial score (nSPS) is 25.6. The van der Waals surface area contributed by atoms with E-state index in [0.29, 0.717) is 6.42 Å². The Bertz CT molecular complexity index is 375.